The smallest absolute Gasteiger partial charge is 0.407 e. The highest BCUT2D eigenvalue weighted by Gasteiger charge is 2.75. The van der Waals surface area contributed by atoms with E-state index in [1.165, 1.54) is 35.8 Å². The summed E-state index contributed by atoms with van der Waals surface area (Å²) in [7, 11) is 2.63. The first kappa shape index (κ1) is 46.1. The lowest BCUT2D eigenvalue weighted by Crippen LogP contribution is -2.56. The second kappa shape index (κ2) is 17.9. The molecule has 18 heteroatoms. The van der Waals surface area contributed by atoms with E-state index in [2.05, 4.69) is 44.9 Å². The number of carbonyl (C=O) groups excluding carboxylic acids is 2. The molecule has 65 heavy (non-hydrogen) atoms. The molecule has 1 saturated carbocycles. The zero-order valence-electron chi connectivity index (χ0n) is 38.7. The highest BCUT2D eigenvalue weighted by molar-refractivity contribution is 6.19. The van der Waals surface area contributed by atoms with Gasteiger partial charge in [-0.25, -0.2) is 18.6 Å². The monoisotopic (exact) mass is 908 g/mol. The minimum absolute atomic E-state index is 0.0184. The van der Waals surface area contributed by atoms with E-state index < -0.39 is 67.2 Å². The largest absolute Gasteiger partial charge is 0.453 e. The Morgan fingerprint density at radius 3 is 2.62 bits per heavy atom. The van der Waals surface area contributed by atoms with Gasteiger partial charge in [-0.1, -0.05) is 39.8 Å². The Bertz CT molecular complexity index is 2170. The number of rotatable bonds is 12. The molecule has 9 rings (SSSR count). The number of ether oxygens (including phenoxy) is 3. The van der Waals surface area contributed by atoms with E-state index in [9.17, 15) is 19.8 Å². The van der Waals surface area contributed by atoms with Gasteiger partial charge in [0.05, 0.1) is 73.9 Å². The number of aromatic nitrogens is 2. The van der Waals surface area contributed by atoms with Crippen LogP contribution in [-0.4, -0.2) is 147 Å². The Kier molecular flexibility index (Phi) is 12.7. The number of imidazole rings is 1. The third-order valence-corrected chi connectivity index (χ3v) is 15.5. The van der Waals surface area contributed by atoms with E-state index >= 15 is 8.78 Å². The normalized spacial score (nSPS) is 32.8. The summed E-state index contributed by atoms with van der Waals surface area (Å²) in [4.78, 5) is 45.2. The van der Waals surface area contributed by atoms with Crippen LogP contribution in [0.25, 0.3) is 5.57 Å². The summed E-state index contributed by atoms with van der Waals surface area (Å²) in [5.74, 6) is -2.75. The number of hydrogen-bond acceptors (Lipinski definition) is 13. The molecule has 4 fully saturated rings. The molecular weight excluding hydrogens is 841 g/mol. The van der Waals surface area contributed by atoms with Crippen molar-refractivity contribution in [3.63, 3.8) is 0 Å². The molecule has 8 unspecified atom stereocenters. The molecule has 5 aliphatic heterocycles. The van der Waals surface area contributed by atoms with Gasteiger partial charge in [-0.05, 0) is 98.3 Å². The topological polar surface area (TPSA) is 189 Å². The highest BCUT2D eigenvalue weighted by Crippen LogP contribution is 2.55. The van der Waals surface area contributed by atoms with Gasteiger partial charge in [0.25, 0.3) is 5.92 Å². The number of likely N-dealkylation sites (tertiary alicyclic amines) is 2. The molecule has 6 N–H and O–H groups in total. The van der Waals surface area contributed by atoms with E-state index in [1.54, 1.807) is 20.0 Å². The van der Waals surface area contributed by atoms with Crippen molar-refractivity contribution < 1.29 is 42.8 Å². The first-order chi connectivity index (χ1) is 31.0. The van der Waals surface area contributed by atoms with Gasteiger partial charge in [-0.3, -0.25) is 24.9 Å². The molecule has 1 aromatic heterocycles. The molecule has 0 bridgehead atoms. The number of nitrogens with one attached hydrogen (secondary N) is 4. The summed E-state index contributed by atoms with van der Waals surface area (Å²) in [6.07, 6.45) is 11.8. The van der Waals surface area contributed by atoms with Crippen molar-refractivity contribution in [2.45, 2.75) is 159 Å². The summed E-state index contributed by atoms with van der Waals surface area (Å²) in [5.41, 5.74) is 6.24. The lowest BCUT2D eigenvalue weighted by molar-refractivity contribution is -0.146. The zero-order chi connectivity index (χ0) is 46.1. The maximum atomic E-state index is 15.3. The Morgan fingerprint density at radius 2 is 1.88 bits per heavy atom. The number of hydrogen-bond donors (Lipinski definition) is 6. The van der Waals surface area contributed by atoms with Crippen LogP contribution in [0.5, 0.6) is 0 Å². The maximum absolute atomic E-state index is 15.3. The number of allylic oxidation sites excluding steroid dienone is 3. The van der Waals surface area contributed by atoms with Gasteiger partial charge in [0, 0.05) is 32.2 Å². The molecule has 8 aliphatic rings. The van der Waals surface area contributed by atoms with Gasteiger partial charge < -0.3 is 44.9 Å². The van der Waals surface area contributed by atoms with Crippen molar-refractivity contribution in [3.8, 4) is 0 Å². The fraction of sp³-hybridized carbons (Fsp3) is 0.702. The van der Waals surface area contributed by atoms with E-state index in [-0.39, 0.29) is 36.2 Å². The van der Waals surface area contributed by atoms with Gasteiger partial charge in [0.15, 0.2) is 0 Å². The minimum Gasteiger partial charge on any atom is -0.453 e. The number of aliphatic imine (C=N–C) groups is 1. The number of alkyl halides is 2. The first-order valence-corrected chi connectivity index (χ1v) is 23.6. The number of alkyl carbamates (subject to hydrolysis) is 1. The molecule has 1 spiro atoms. The number of carbonyl (C=O) groups is 2. The minimum atomic E-state index is -3.09. The molecule has 3 aliphatic carbocycles. The second-order valence-electron chi connectivity index (χ2n) is 20.0. The van der Waals surface area contributed by atoms with Gasteiger partial charge in [-0.15, -0.1) is 0 Å². The van der Waals surface area contributed by atoms with Crippen molar-refractivity contribution in [1.82, 2.24) is 40.6 Å². The predicted molar refractivity (Wildman–Crippen MR) is 238 cm³/mol. The van der Waals surface area contributed by atoms with Gasteiger partial charge in [0.2, 0.25) is 12.3 Å². The standard InChI is InChI=1S/C47H67F2N9O7/c1-24(2)37(54-44(61)63-6)42(59)56-15-8-9-35(56)41-51-21-33(53-41)28-10-12-31-27(17-28)14-16-65-26(5)58-34-13-11-29(18-30(34)19-36(31)58)32-20-50-39-40(52-32)47(39)22-46(48,49)23-57(47)43(60)38(25(3)4)55-45(62)64-7/h11,17,20-21,24-26,30,34-38,40,42,45,52,55,59,62H,8-10,12-16,18-19,22-23H2,1-7H3,(H,51,53)(H,54,61)/t26?,30?,34?,35-,36?,37-,38-,40?,42?,45?,47?/m0/s1. The van der Waals surface area contributed by atoms with E-state index in [0.29, 0.717) is 24.8 Å². The summed E-state index contributed by atoms with van der Waals surface area (Å²) in [5, 5.41) is 30.8. The molecule has 1 aromatic rings. The van der Waals surface area contributed by atoms with Crippen LogP contribution in [0.15, 0.2) is 52.0 Å². The number of amides is 2. The van der Waals surface area contributed by atoms with Crippen LogP contribution in [0, 0.1) is 17.8 Å². The summed E-state index contributed by atoms with van der Waals surface area (Å²) >= 11 is 0. The Balaban J connectivity index is 0.888. The molecule has 3 saturated heterocycles. The lowest BCUT2D eigenvalue weighted by Gasteiger charge is -2.41. The van der Waals surface area contributed by atoms with Crippen LogP contribution >= 0.6 is 0 Å². The van der Waals surface area contributed by atoms with E-state index in [4.69, 9.17) is 24.2 Å². The van der Waals surface area contributed by atoms with Gasteiger partial charge >= 0.3 is 6.09 Å². The molecule has 356 valence electrons. The Labute approximate surface area is 380 Å². The van der Waals surface area contributed by atoms with Gasteiger partial charge in [-0.2, -0.15) is 0 Å². The van der Waals surface area contributed by atoms with E-state index in [0.717, 1.165) is 74.2 Å². The number of aliphatic hydroxyl groups excluding tert-OH is 2. The lowest BCUT2D eigenvalue weighted by atomic mass is 9.81. The Hall–Kier alpha value is -4.04. The number of H-pyrrole nitrogens is 1. The van der Waals surface area contributed by atoms with Crippen molar-refractivity contribution in [3.05, 3.63) is 58.5 Å². The third-order valence-electron chi connectivity index (χ3n) is 15.5. The quantitative estimate of drug-likeness (QED) is 0.159. The molecular formula is C47H67F2N9O7. The molecule has 0 aromatic carbocycles. The van der Waals surface area contributed by atoms with Crippen LogP contribution < -0.4 is 16.0 Å². The average Bonchev–Trinajstić information content (AvgIpc) is 3.88. The molecule has 6 heterocycles. The number of nitrogens with zero attached hydrogens (tertiary/aromatic N) is 5. The number of halogens is 2. The molecule has 11 atom stereocenters. The highest BCUT2D eigenvalue weighted by atomic mass is 19.3. The third kappa shape index (κ3) is 8.39. The Morgan fingerprint density at radius 1 is 1.08 bits per heavy atom. The summed E-state index contributed by atoms with van der Waals surface area (Å²) in [6.45, 7) is 10.3. The average molecular weight is 908 g/mol. The van der Waals surface area contributed by atoms with Crippen LogP contribution in [0.4, 0.5) is 13.6 Å². The fourth-order valence-corrected chi connectivity index (χ4v) is 12.2. The van der Waals surface area contributed by atoms with Gasteiger partial charge in [0.1, 0.15) is 23.8 Å². The van der Waals surface area contributed by atoms with Crippen LogP contribution in [-0.2, 0) is 19.0 Å². The van der Waals surface area contributed by atoms with Crippen molar-refractivity contribution in [2.24, 2.45) is 22.7 Å². The van der Waals surface area contributed by atoms with Crippen LogP contribution in [0.1, 0.15) is 110 Å². The molecule has 0 radical (unpaired) electrons. The molecule has 2 amide bonds. The van der Waals surface area contributed by atoms with E-state index in [1.807, 2.05) is 24.9 Å². The number of aliphatic hydroxyl groups is 2. The fourth-order valence-electron chi connectivity index (χ4n) is 12.2. The zero-order valence-corrected chi connectivity index (χ0v) is 38.7. The summed E-state index contributed by atoms with van der Waals surface area (Å²) < 4.78 is 46.9. The molecule has 16 nitrogen and oxygen atoms in total. The predicted octanol–water partition coefficient (Wildman–Crippen LogP) is 4.68. The summed E-state index contributed by atoms with van der Waals surface area (Å²) in [6, 6.07) is -1.56. The van der Waals surface area contributed by atoms with Crippen LogP contribution in [0.2, 0.25) is 0 Å². The maximum Gasteiger partial charge on any atom is 0.407 e. The number of fused-ring (bicyclic) bond motifs is 7. The SMILES string of the molecule is COC(=O)N[C@@H](C(C)C)C(O)N1CCC[C@H]1c1ncc(C2=CC3=C(CC2)C2CC4CC(C5=CN=C6C(N5)C65CC(F)(F)CN5C(=O)[C@@H](NC(O)OC)C(C)C)=CCC4N2C(C)OCC3)[nH]1. The number of methoxy groups -OCH3 is 2. The van der Waals surface area contributed by atoms with Crippen molar-refractivity contribution in [1.29, 1.82) is 0 Å². The first-order valence-electron chi connectivity index (χ1n) is 23.6. The second-order valence-corrected chi connectivity index (χ2v) is 20.0. The number of aromatic amines is 1. The van der Waals surface area contributed by atoms with Crippen molar-refractivity contribution >= 4 is 23.3 Å². The van der Waals surface area contributed by atoms with Crippen molar-refractivity contribution in [2.75, 3.05) is 33.9 Å². The van der Waals surface area contributed by atoms with Crippen LogP contribution in [0.3, 0.4) is 0 Å².